The van der Waals surface area contributed by atoms with Gasteiger partial charge in [-0.2, -0.15) is 0 Å². The van der Waals surface area contributed by atoms with Gasteiger partial charge in [0, 0.05) is 0 Å². The van der Waals surface area contributed by atoms with Gasteiger partial charge in [-0.1, -0.05) is 31.2 Å². The fraction of sp³-hybridized carbons (Fsp3) is 0.429. The van der Waals surface area contributed by atoms with E-state index >= 15 is 0 Å². The number of rotatable bonds is 2. The van der Waals surface area contributed by atoms with Gasteiger partial charge in [-0.25, -0.2) is 0 Å². The Kier molecular flexibility index (Phi) is 43.5. The van der Waals surface area contributed by atoms with Crippen LogP contribution in [0.15, 0.2) is 24.3 Å². The Morgan fingerprint density at radius 3 is 1.80 bits per heavy atom. The molecule has 0 aromatic carbocycles. The van der Waals surface area contributed by atoms with Crippen LogP contribution in [0.1, 0.15) is 20.3 Å². The van der Waals surface area contributed by atoms with E-state index in [1.165, 1.54) is 5.57 Å². The van der Waals surface area contributed by atoms with Crippen molar-refractivity contribution < 1.29 is 0 Å². The van der Waals surface area contributed by atoms with Crippen molar-refractivity contribution in [1.29, 1.82) is 0 Å². The molecule has 0 atom stereocenters. The zero-order valence-corrected chi connectivity index (χ0v) is 5.07. The molecule has 0 aromatic rings. The molecule has 0 amide bonds. The van der Waals surface area contributed by atoms with E-state index in [-0.39, 0.29) is 132 Å². The van der Waals surface area contributed by atoms with E-state index in [1.807, 2.05) is 13.0 Å². The Balaban J connectivity index is -0.0000000600. The van der Waals surface area contributed by atoms with E-state index in [1.54, 1.807) is 0 Å². The Morgan fingerprint density at radius 2 is 1.80 bits per heavy atom. The first kappa shape index (κ1) is 23.5. The molecule has 0 saturated carbocycles. The maximum absolute atomic E-state index is 3.63. The molecule has 0 radical (unpaired) electrons. The Labute approximate surface area is 172 Å². The second-order valence-electron chi connectivity index (χ2n) is 1.42. The molecule has 0 bridgehead atoms. The normalized spacial score (nSPS) is 8.00. The number of hydrogen-bond donors (Lipinski definition) is 0. The van der Waals surface area contributed by atoms with Gasteiger partial charge in [-0.15, -0.1) is 0 Å². The summed E-state index contributed by atoms with van der Waals surface area (Å²) in [5, 5.41) is 0. The fourth-order valence-electron chi connectivity index (χ4n) is 0.466. The van der Waals surface area contributed by atoms with Gasteiger partial charge >= 0.3 is 132 Å². The van der Waals surface area contributed by atoms with Crippen LogP contribution in [0.3, 0.4) is 0 Å². The van der Waals surface area contributed by atoms with Crippen molar-refractivity contribution in [3.8, 4) is 0 Å². The molecule has 0 heterocycles. The quantitative estimate of drug-likeness (QED) is 0.452. The Bertz CT molecular complexity index is 89.6. The molecule has 0 fully saturated rings. The van der Waals surface area contributed by atoms with Gasteiger partial charge in [-0.05, 0) is 13.3 Å². The molecule has 0 aliphatic carbocycles. The molecule has 0 aliphatic heterocycles. The second kappa shape index (κ2) is 18.5. The summed E-state index contributed by atoms with van der Waals surface area (Å²) in [5.41, 5.74) is 1.32. The summed E-state index contributed by atoms with van der Waals surface area (Å²) >= 11 is 0. The van der Waals surface area contributed by atoms with Gasteiger partial charge in [0.1, 0.15) is 0 Å². The van der Waals surface area contributed by atoms with E-state index in [0.29, 0.717) is 0 Å². The van der Waals surface area contributed by atoms with Crippen LogP contribution in [0.5, 0.6) is 0 Å². The average molecular weight is 200 g/mol. The van der Waals surface area contributed by atoms with Crippen LogP contribution >= 0.6 is 0 Å². The SMILES string of the molecule is C=CC(=CC)CC.[KH].[KH].[NaH]. The minimum absolute atomic E-state index is 0. The first-order chi connectivity index (χ1) is 3.35. The molecule has 0 spiro atoms. The zero-order valence-electron chi connectivity index (χ0n) is 5.07. The summed E-state index contributed by atoms with van der Waals surface area (Å²) in [7, 11) is 0. The van der Waals surface area contributed by atoms with Gasteiger partial charge < -0.3 is 0 Å². The molecular formula is C7H15K2Na. The van der Waals surface area contributed by atoms with Crippen molar-refractivity contribution >= 4 is 132 Å². The first-order valence-corrected chi connectivity index (χ1v) is 2.62. The topological polar surface area (TPSA) is 0 Å². The molecule has 10 heavy (non-hydrogen) atoms. The molecule has 3 heteroatoms. The Morgan fingerprint density at radius 1 is 1.40 bits per heavy atom. The van der Waals surface area contributed by atoms with Crippen LogP contribution in [0.25, 0.3) is 0 Å². The third kappa shape index (κ3) is 14.3. The monoisotopic (exact) mass is 200 g/mol. The summed E-state index contributed by atoms with van der Waals surface area (Å²) in [6, 6.07) is 0. The third-order valence-electron chi connectivity index (χ3n) is 1.04. The standard InChI is InChI=1S/C7H12.2K.Na.3H/c1-4-7(5-2)6-3;;;;;;/h4-5H,1,6H2,2-3H3;;;;;;. The van der Waals surface area contributed by atoms with Crippen LogP contribution in [-0.4, -0.2) is 132 Å². The molecule has 0 aromatic heterocycles. The molecule has 0 unspecified atom stereocenters. The molecule has 46 valence electrons. The molecule has 0 saturated heterocycles. The molecule has 0 N–H and O–H groups in total. The van der Waals surface area contributed by atoms with Crippen molar-refractivity contribution in [2.24, 2.45) is 0 Å². The van der Waals surface area contributed by atoms with Crippen molar-refractivity contribution in [2.75, 3.05) is 0 Å². The number of allylic oxidation sites excluding steroid dienone is 3. The van der Waals surface area contributed by atoms with Gasteiger partial charge in [0.15, 0.2) is 0 Å². The van der Waals surface area contributed by atoms with Crippen LogP contribution < -0.4 is 0 Å². The van der Waals surface area contributed by atoms with Crippen LogP contribution in [0.2, 0.25) is 0 Å². The van der Waals surface area contributed by atoms with Crippen molar-refractivity contribution in [1.82, 2.24) is 0 Å². The van der Waals surface area contributed by atoms with Crippen LogP contribution in [-0.2, 0) is 0 Å². The number of hydrogen-bond acceptors (Lipinski definition) is 0. The van der Waals surface area contributed by atoms with Crippen LogP contribution in [0.4, 0.5) is 0 Å². The van der Waals surface area contributed by atoms with E-state index in [9.17, 15) is 0 Å². The minimum atomic E-state index is 0. The fourth-order valence-corrected chi connectivity index (χ4v) is 0.466. The predicted molar refractivity (Wildman–Crippen MR) is 55.7 cm³/mol. The molecular weight excluding hydrogens is 185 g/mol. The van der Waals surface area contributed by atoms with Gasteiger partial charge in [0.2, 0.25) is 0 Å². The molecule has 0 rings (SSSR count). The average Bonchev–Trinajstić information content (AvgIpc) is 1.72. The molecule has 0 aliphatic rings. The molecule has 0 nitrogen and oxygen atoms in total. The van der Waals surface area contributed by atoms with Gasteiger partial charge in [0.25, 0.3) is 0 Å². The van der Waals surface area contributed by atoms with E-state index in [2.05, 4.69) is 19.6 Å². The summed E-state index contributed by atoms with van der Waals surface area (Å²) in [6.45, 7) is 7.78. The van der Waals surface area contributed by atoms with E-state index < -0.39 is 0 Å². The zero-order chi connectivity index (χ0) is 5.70. The third-order valence-corrected chi connectivity index (χ3v) is 1.04. The van der Waals surface area contributed by atoms with Gasteiger partial charge in [0.05, 0.1) is 0 Å². The first-order valence-electron chi connectivity index (χ1n) is 2.62. The van der Waals surface area contributed by atoms with Crippen molar-refractivity contribution in [3.05, 3.63) is 24.3 Å². The van der Waals surface area contributed by atoms with Crippen molar-refractivity contribution in [2.45, 2.75) is 20.3 Å². The summed E-state index contributed by atoms with van der Waals surface area (Å²) in [4.78, 5) is 0. The predicted octanol–water partition coefficient (Wildman–Crippen LogP) is 0.583. The van der Waals surface area contributed by atoms with Crippen molar-refractivity contribution in [3.63, 3.8) is 0 Å². The van der Waals surface area contributed by atoms with E-state index in [4.69, 9.17) is 0 Å². The van der Waals surface area contributed by atoms with E-state index in [0.717, 1.165) is 6.42 Å². The summed E-state index contributed by atoms with van der Waals surface area (Å²) < 4.78 is 0. The summed E-state index contributed by atoms with van der Waals surface area (Å²) in [5.74, 6) is 0. The second-order valence-corrected chi connectivity index (χ2v) is 1.42. The summed E-state index contributed by atoms with van der Waals surface area (Å²) in [6.07, 6.45) is 5.06. The van der Waals surface area contributed by atoms with Gasteiger partial charge in [-0.3, -0.25) is 0 Å². The van der Waals surface area contributed by atoms with Crippen LogP contribution in [0, 0.1) is 0 Å². The Hall–Kier alpha value is 3.75. The maximum atomic E-state index is 3.63.